The van der Waals surface area contributed by atoms with Crippen LogP contribution >= 0.6 is 23.5 Å². The van der Waals surface area contributed by atoms with Gasteiger partial charge in [-0.05, 0) is 73.4 Å². The van der Waals surface area contributed by atoms with E-state index in [0.717, 1.165) is 44.6 Å². The molecule has 0 heterocycles. The molecular weight excluding hydrogens is 673 g/mol. The molecule has 0 aliphatic carbocycles. The molecule has 0 fully saturated rings. The van der Waals surface area contributed by atoms with Crippen molar-refractivity contribution in [3.8, 4) is 0 Å². The molecule has 0 amide bonds. The van der Waals surface area contributed by atoms with Crippen LogP contribution in [0.3, 0.4) is 0 Å². The monoisotopic (exact) mass is 720 g/mol. The smallest absolute Gasteiger partial charge is 0.328 e. The van der Waals surface area contributed by atoms with E-state index in [-0.39, 0.29) is 11.9 Å². The zero-order chi connectivity index (χ0) is 36.3. The fraction of sp³-hybridized carbons (Fsp3) is 0.302. The van der Waals surface area contributed by atoms with Gasteiger partial charge in [0.2, 0.25) is 0 Å². The Morgan fingerprint density at radius 2 is 1.29 bits per heavy atom. The molecule has 2 N–H and O–H groups in total. The predicted octanol–water partition coefficient (Wildman–Crippen LogP) is 9.64. The lowest BCUT2D eigenvalue weighted by Gasteiger charge is -2.36. The number of hydrogen-bond donors (Lipinski definition) is 2. The summed E-state index contributed by atoms with van der Waals surface area (Å²) in [5, 5.41) is 9.08. The average Bonchev–Trinajstić information content (AvgIpc) is 3.14. The number of fused-ring (bicyclic) bond motifs is 1. The number of benzene rings is 5. The summed E-state index contributed by atoms with van der Waals surface area (Å²) in [6.07, 6.45) is 2.66. The van der Waals surface area contributed by atoms with Crippen LogP contribution in [0.5, 0.6) is 0 Å². The van der Waals surface area contributed by atoms with Gasteiger partial charge in [-0.2, -0.15) is 11.8 Å². The van der Waals surface area contributed by atoms with Gasteiger partial charge in [0.25, 0.3) is 0 Å². The summed E-state index contributed by atoms with van der Waals surface area (Å²) in [7, 11) is 1.42. The first-order chi connectivity index (χ1) is 24.6. The van der Waals surface area contributed by atoms with E-state index in [1.54, 1.807) is 23.5 Å². The minimum absolute atomic E-state index is 0.257. The number of rotatable bonds is 16. The van der Waals surface area contributed by atoms with E-state index < -0.39 is 22.3 Å². The van der Waals surface area contributed by atoms with Gasteiger partial charge in [0.05, 0.1) is 17.8 Å². The van der Waals surface area contributed by atoms with Gasteiger partial charge in [0, 0.05) is 29.1 Å². The van der Waals surface area contributed by atoms with Crippen LogP contribution in [0.2, 0.25) is 0 Å². The SMILES string of the molecule is COC(=O)[C@H](CCSC)Nc1cc(NC[C@@H](CSC(c2ccccc2)(c2ccccc2)c2ccccc2)C(=O)OC(C)(C)C)c2ccccc2c1. The van der Waals surface area contributed by atoms with Crippen molar-refractivity contribution >= 4 is 57.6 Å². The van der Waals surface area contributed by atoms with Crippen molar-refractivity contribution in [1.82, 2.24) is 0 Å². The maximum Gasteiger partial charge on any atom is 0.328 e. The number of ether oxygens (including phenoxy) is 2. The highest BCUT2D eigenvalue weighted by Crippen LogP contribution is 2.49. The van der Waals surface area contributed by atoms with E-state index in [4.69, 9.17) is 9.47 Å². The van der Waals surface area contributed by atoms with Crippen molar-refractivity contribution in [2.75, 3.05) is 42.0 Å². The van der Waals surface area contributed by atoms with E-state index in [2.05, 4.69) is 95.6 Å². The summed E-state index contributed by atoms with van der Waals surface area (Å²) in [4.78, 5) is 26.7. The molecule has 0 saturated heterocycles. The minimum Gasteiger partial charge on any atom is -0.467 e. The summed E-state index contributed by atoms with van der Waals surface area (Å²) >= 11 is 3.44. The molecule has 0 unspecified atom stereocenters. The second-order valence-corrected chi connectivity index (χ2v) is 15.7. The first kappa shape index (κ1) is 37.8. The van der Waals surface area contributed by atoms with Crippen molar-refractivity contribution in [3.63, 3.8) is 0 Å². The lowest BCUT2D eigenvalue weighted by atomic mass is 9.84. The highest BCUT2D eigenvalue weighted by Gasteiger charge is 2.39. The summed E-state index contributed by atoms with van der Waals surface area (Å²) in [5.41, 5.74) is 4.42. The quantitative estimate of drug-likeness (QED) is 0.0771. The Kier molecular flexibility index (Phi) is 13.1. The Morgan fingerprint density at radius 1 is 0.745 bits per heavy atom. The molecule has 266 valence electrons. The van der Waals surface area contributed by atoms with Crippen LogP contribution < -0.4 is 10.6 Å². The molecule has 0 aliphatic heterocycles. The topological polar surface area (TPSA) is 76.7 Å². The average molecular weight is 721 g/mol. The van der Waals surface area contributed by atoms with Crippen LogP contribution in [0, 0.1) is 5.92 Å². The highest BCUT2D eigenvalue weighted by atomic mass is 32.2. The number of esters is 2. The van der Waals surface area contributed by atoms with E-state index in [1.807, 2.05) is 69.5 Å². The fourth-order valence-corrected chi connectivity index (χ4v) is 8.28. The van der Waals surface area contributed by atoms with Gasteiger partial charge < -0.3 is 20.1 Å². The first-order valence-corrected chi connectivity index (χ1v) is 19.7. The van der Waals surface area contributed by atoms with Crippen LogP contribution in [-0.4, -0.2) is 55.0 Å². The molecule has 51 heavy (non-hydrogen) atoms. The lowest BCUT2D eigenvalue weighted by Crippen LogP contribution is -2.35. The van der Waals surface area contributed by atoms with Gasteiger partial charge in [0.1, 0.15) is 11.6 Å². The molecule has 8 heteroatoms. The standard InChI is InChI=1S/C43H48N2O4S2/c1-42(2,3)49-40(46)32(29-44-39-28-36(27-31-17-15-16-24-37(31)39)45-38(25-26-50-5)41(47)48-4)30-51-43(33-18-9-6-10-19-33,34-20-11-7-12-21-34)35-22-13-8-14-23-35/h6-24,27-28,32,38,44-45H,25-26,29-30H2,1-5H3/t32-,38-/m0/s1. The Hall–Kier alpha value is -4.40. The zero-order valence-electron chi connectivity index (χ0n) is 30.1. The summed E-state index contributed by atoms with van der Waals surface area (Å²) in [6, 6.07) is 43.2. The summed E-state index contributed by atoms with van der Waals surface area (Å²) < 4.78 is 10.6. The number of carbonyl (C=O) groups is 2. The molecule has 0 spiro atoms. The molecule has 0 aliphatic rings. The highest BCUT2D eigenvalue weighted by molar-refractivity contribution is 8.00. The number of thioether (sulfide) groups is 2. The maximum absolute atomic E-state index is 14.0. The lowest BCUT2D eigenvalue weighted by molar-refractivity contribution is -0.158. The van der Waals surface area contributed by atoms with Crippen molar-refractivity contribution in [3.05, 3.63) is 144 Å². The van der Waals surface area contributed by atoms with Crippen molar-refractivity contribution in [1.29, 1.82) is 0 Å². The van der Waals surface area contributed by atoms with Crippen LogP contribution in [-0.2, 0) is 23.8 Å². The molecule has 5 rings (SSSR count). The Labute approximate surface area is 311 Å². The number of nitrogens with one attached hydrogen (secondary N) is 2. The third-order valence-electron chi connectivity index (χ3n) is 8.62. The summed E-state index contributed by atoms with van der Waals surface area (Å²) in [5.74, 6) is 0.246. The molecule has 0 aromatic heterocycles. The molecular formula is C43H48N2O4S2. The Bertz CT molecular complexity index is 1770. The van der Waals surface area contributed by atoms with E-state index >= 15 is 0 Å². The normalized spacial score (nSPS) is 12.9. The number of hydrogen-bond acceptors (Lipinski definition) is 8. The Morgan fingerprint density at radius 3 is 1.82 bits per heavy atom. The molecule has 0 bridgehead atoms. The second-order valence-electron chi connectivity index (χ2n) is 13.4. The number of anilines is 2. The van der Waals surface area contributed by atoms with Crippen LogP contribution in [0.25, 0.3) is 10.8 Å². The second kappa shape index (κ2) is 17.7. The molecule has 2 atom stereocenters. The van der Waals surface area contributed by atoms with Gasteiger partial charge in [-0.25, -0.2) is 4.79 Å². The third kappa shape index (κ3) is 9.69. The van der Waals surface area contributed by atoms with Gasteiger partial charge in [0.15, 0.2) is 0 Å². The van der Waals surface area contributed by atoms with E-state index in [0.29, 0.717) is 18.7 Å². The van der Waals surface area contributed by atoms with Crippen molar-refractivity contribution in [2.45, 2.75) is 43.6 Å². The largest absolute Gasteiger partial charge is 0.467 e. The van der Waals surface area contributed by atoms with Crippen molar-refractivity contribution < 1.29 is 19.1 Å². The molecule has 0 radical (unpaired) electrons. The molecule has 0 saturated carbocycles. The van der Waals surface area contributed by atoms with Crippen LogP contribution in [0.1, 0.15) is 43.9 Å². The van der Waals surface area contributed by atoms with Gasteiger partial charge in [-0.1, -0.05) is 115 Å². The predicted molar refractivity (Wildman–Crippen MR) is 216 cm³/mol. The van der Waals surface area contributed by atoms with E-state index in [1.165, 1.54) is 7.11 Å². The van der Waals surface area contributed by atoms with Gasteiger partial charge in [-0.3, -0.25) is 4.79 Å². The van der Waals surface area contributed by atoms with Crippen LogP contribution in [0.15, 0.2) is 127 Å². The minimum atomic E-state index is -0.647. The Balaban J connectivity index is 1.51. The maximum atomic E-state index is 14.0. The third-order valence-corrected chi connectivity index (χ3v) is 11.0. The fourth-order valence-electron chi connectivity index (χ4n) is 6.19. The van der Waals surface area contributed by atoms with E-state index in [9.17, 15) is 9.59 Å². The molecule has 5 aromatic carbocycles. The number of carbonyl (C=O) groups excluding carboxylic acids is 2. The van der Waals surface area contributed by atoms with Gasteiger partial charge in [-0.15, -0.1) is 11.8 Å². The summed E-state index contributed by atoms with van der Waals surface area (Å²) in [6.45, 7) is 6.06. The first-order valence-electron chi connectivity index (χ1n) is 17.3. The zero-order valence-corrected chi connectivity index (χ0v) is 31.7. The molecule has 6 nitrogen and oxygen atoms in total. The van der Waals surface area contributed by atoms with Crippen molar-refractivity contribution in [2.24, 2.45) is 5.92 Å². The van der Waals surface area contributed by atoms with Gasteiger partial charge >= 0.3 is 11.9 Å². The number of methoxy groups -OCH3 is 1. The van der Waals surface area contributed by atoms with Crippen LogP contribution in [0.4, 0.5) is 11.4 Å². The molecule has 5 aromatic rings.